The van der Waals surface area contributed by atoms with Crippen molar-refractivity contribution in [3.8, 4) is 5.75 Å². The molecule has 18 heavy (non-hydrogen) atoms. The van der Waals surface area contributed by atoms with Gasteiger partial charge in [0.2, 0.25) is 0 Å². The number of ether oxygens (including phenoxy) is 1. The molecule has 0 atom stereocenters. The Labute approximate surface area is 142 Å². The zero-order chi connectivity index (χ0) is 12.7. The molecule has 0 bridgehead atoms. The average Bonchev–Trinajstić information content (AvgIpc) is 2.35. The summed E-state index contributed by atoms with van der Waals surface area (Å²) in [6.07, 6.45) is 0. The molecule has 0 saturated heterocycles. The van der Waals surface area contributed by atoms with Crippen molar-refractivity contribution in [1.82, 2.24) is 5.32 Å². The summed E-state index contributed by atoms with van der Waals surface area (Å²) in [6.45, 7) is 3.12. The first-order chi connectivity index (χ1) is 8.19. The Morgan fingerprint density at radius 1 is 1.44 bits per heavy atom. The molecule has 0 aliphatic heterocycles. The van der Waals surface area contributed by atoms with Crippen LogP contribution in [0.25, 0.3) is 0 Å². The third kappa shape index (κ3) is 5.66. The summed E-state index contributed by atoms with van der Waals surface area (Å²) in [4.78, 5) is 11.7. The van der Waals surface area contributed by atoms with Gasteiger partial charge in [0.05, 0.1) is 18.8 Å². The molecule has 0 saturated carbocycles. The van der Waals surface area contributed by atoms with Crippen LogP contribution in [-0.2, 0) is 11.3 Å². The monoisotopic (exact) mass is 466 g/mol. The Bertz CT molecular complexity index is 384. The molecule has 1 aromatic carbocycles. The predicted molar refractivity (Wildman–Crippen MR) is 62.9 cm³/mol. The van der Waals surface area contributed by atoms with E-state index in [0.29, 0.717) is 25.3 Å². The molecule has 0 spiro atoms. The van der Waals surface area contributed by atoms with Gasteiger partial charge in [-0.3, -0.25) is 4.79 Å². The molecule has 1 rings (SSSR count). The van der Waals surface area contributed by atoms with E-state index in [1.807, 2.05) is 6.92 Å². The summed E-state index contributed by atoms with van der Waals surface area (Å²) >= 11 is 0. The minimum absolute atomic E-state index is 0. The molecule has 3 N–H and O–H groups in total. The largest absolute Gasteiger partial charge is 0.507 e. The molecule has 5 nitrogen and oxygen atoms in total. The third-order valence-corrected chi connectivity index (χ3v) is 2.22. The quantitative estimate of drug-likeness (QED) is 0.539. The van der Waals surface area contributed by atoms with E-state index in [1.54, 1.807) is 6.07 Å². The van der Waals surface area contributed by atoms with Crippen LogP contribution in [0, 0.1) is 44.1 Å². The van der Waals surface area contributed by atoms with Gasteiger partial charge in [-0.25, -0.2) is 0 Å². The number of phenolic OH excluding ortho intramolecular Hbond substituents is 1. The number of nitrogens with one attached hydrogen (secondary N) is 1. The first kappa shape index (κ1) is 17.9. The molecular weight excluding hydrogens is 449 g/mol. The van der Waals surface area contributed by atoms with Crippen LogP contribution in [0.2, 0.25) is 0 Å². The van der Waals surface area contributed by atoms with Gasteiger partial charge in [-0.2, -0.15) is 0 Å². The van der Waals surface area contributed by atoms with E-state index in [4.69, 9.17) is 9.84 Å². The standard InChI is InChI=1S/C12H17NO4.Ac/c1-2-17-6-5-13-12(16)10-7-9(8-14)3-4-11(10)15;/h3-4,7,14-15H,2,5-6,8H2,1H3,(H,13,16);. The number of rotatable bonds is 6. The number of phenols is 1. The summed E-state index contributed by atoms with van der Waals surface area (Å²) in [5.74, 6) is -0.478. The number of amides is 1. The summed E-state index contributed by atoms with van der Waals surface area (Å²) in [5, 5.41) is 21.1. The van der Waals surface area contributed by atoms with Crippen molar-refractivity contribution in [2.45, 2.75) is 13.5 Å². The molecule has 0 heterocycles. The summed E-state index contributed by atoms with van der Waals surface area (Å²) in [6, 6.07) is 4.42. The second-order valence-electron chi connectivity index (χ2n) is 3.46. The van der Waals surface area contributed by atoms with Crippen molar-refractivity contribution in [1.29, 1.82) is 0 Å². The van der Waals surface area contributed by atoms with Crippen LogP contribution in [0.5, 0.6) is 5.75 Å². The number of aromatic hydroxyl groups is 1. The summed E-state index contributed by atoms with van der Waals surface area (Å²) < 4.78 is 5.08. The number of aliphatic hydroxyl groups excluding tert-OH is 1. The first-order valence-electron chi connectivity index (χ1n) is 5.47. The number of carbonyl (C=O) groups is 1. The second kappa shape index (κ2) is 9.74. The van der Waals surface area contributed by atoms with Gasteiger partial charge in [-0.15, -0.1) is 0 Å². The maximum absolute atomic E-state index is 11.7. The van der Waals surface area contributed by atoms with E-state index in [0.717, 1.165) is 0 Å². The van der Waals surface area contributed by atoms with Gasteiger partial charge < -0.3 is 20.3 Å². The Kier molecular flexibility index (Phi) is 9.66. The van der Waals surface area contributed by atoms with Crippen molar-refractivity contribution in [3.05, 3.63) is 29.3 Å². The topological polar surface area (TPSA) is 78.8 Å². The Morgan fingerprint density at radius 3 is 2.78 bits per heavy atom. The Balaban J connectivity index is 0.00000289. The van der Waals surface area contributed by atoms with Crippen molar-refractivity contribution >= 4 is 5.91 Å². The summed E-state index contributed by atoms with van der Waals surface area (Å²) in [5.41, 5.74) is 0.741. The molecule has 1 aromatic rings. The number of hydrogen-bond acceptors (Lipinski definition) is 4. The average molecular weight is 466 g/mol. The van der Waals surface area contributed by atoms with E-state index >= 15 is 0 Å². The van der Waals surface area contributed by atoms with Gasteiger partial charge in [0, 0.05) is 57.2 Å². The fourth-order valence-corrected chi connectivity index (χ4v) is 1.34. The number of hydrogen-bond donors (Lipinski definition) is 3. The van der Waals surface area contributed by atoms with Crippen LogP contribution >= 0.6 is 0 Å². The van der Waals surface area contributed by atoms with Crippen LogP contribution in [0.3, 0.4) is 0 Å². The van der Waals surface area contributed by atoms with Crippen molar-refractivity contribution in [2.75, 3.05) is 19.8 Å². The normalized spacial score (nSPS) is 9.67. The molecule has 0 aromatic heterocycles. The van der Waals surface area contributed by atoms with E-state index in [1.165, 1.54) is 12.1 Å². The Hall–Kier alpha value is -0.148. The number of carbonyl (C=O) groups excluding carboxylic acids is 1. The predicted octanol–water partition coefficient (Wildman–Crippen LogP) is 0.651. The van der Waals surface area contributed by atoms with Crippen LogP contribution in [0.1, 0.15) is 22.8 Å². The van der Waals surface area contributed by atoms with Crippen LogP contribution in [0.15, 0.2) is 18.2 Å². The zero-order valence-corrected chi connectivity index (χ0v) is 15.1. The van der Waals surface area contributed by atoms with Crippen LogP contribution < -0.4 is 5.32 Å². The second-order valence-corrected chi connectivity index (χ2v) is 3.46. The molecule has 1 amide bonds. The van der Waals surface area contributed by atoms with Gasteiger partial charge in [0.1, 0.15) is 5.75 Å². The van der Waals surface area contributed by atoms with Crippen molar-refractivity contribution in [3.63, 3.8) is 0 Å². The third-order valence-electron chi connectivity index (χ3n) is 2.22. The fourth-order valence-electron chi connectivity index (χ4n) is 1.34. The van der Waals surface area contributed by atoms with Crippen LogP contribution in [-0.4, -0.2) is 35.9 Å². The number of aliphatic hydroxyl groups is 1. The maximum atomic E-state index is 11.7. The SMILES string of the molecule is CCOCCNC(=O)c1cc(CO)ccc1O.[Ac]. The molecule has 0 unspecified atom stereocenters. The van der Waals surface area contributed by atoms with Gasteiger partial charge in [-0.1, -0.05) is 6.07 Å². The minimum Gasteiger partial charge on any atom is -0.507 e. The van der Waals surface area contributed by atoms with Gasteiger partial charge >= 0.3 is 0 Å². The molecule has 97 valence electrons. The molecule has 0 fully saturated rings. The number of benzene rings is 1. The summed E-state index contributed by atoms with van der Waals surface area (Å²) in [7, 11) is 0. The van der Waals surface area contributed by atoms with E-state index < -0.39 is 0 Å². The van der Waals surface area contributed by atoms with Crippen LogP contribution in [0.4, 0.5) is 0 Å². The fraction of sp³-hybridized carbons (Fsp3) is 0.417. The maximum Gasteiger partial charge on any atom is 0.255 e. The molecule has 6 heteroatoms. The molecule has 1 radical (unpaired) electrons. The van der Waals surface area contributed by atoms with Gasteiger partial charge in [0.15, 0.2) is 0 Å². The first-order valence-corrected chi connectivity index (χ1v) is 5.47. The van der Waals surface area contributed by atoms with E-state index in [2.05, 4.69) is 5.32 Å². The molecule has 0 aliphatic carbocycles. The molecule has 0 aliphatic rings. The van der Waals surface area contributed by atoms with Crippen molar-refractivity contribution in [2.24, 2.45) is 0 Å². The molecular formula is C12H17AcNO4. The van der Waals surface area contributed by atoms with Crippen molar-refractivity contribution < 1.29 is 63.8 Å². The van der Waals surface area contributed by atoms with E-state index in [-0.39, 0.29) is 67.9 Å². The zero-order valence-electron chi connectivity index (χ0n) is 10.3. The van der Waals surface area contributed by atoms with Gasteiger partial charge in [-0.05, 0) is 24.6 Å². The minimum atomic E-state index is -0.377. The van der Waals surface area contributed by atoms with Gasteiger partial charge in [0.25, 0.3) is 5.91 Å². The smallest absolute Gasteiger partial charge is 0.255 e. The van der Waals surface area contributed by atoms with E-state index in [9.17, 15) is 9.90 Å². The Morgan fingerprint density at radius 2 is 2.17 bits per heavy atom.